The SMILES string of the molecule is COc1cc(CNc2ccc3[nH]c(=O)[nH]c3c2)ccc1OCc1ccc(Cl)c(Cl)c1. The monoisotopic (exact) mass is 443 g/mol. The molecule has 6 nitrogen and oxygen atoms in total. The van der Waals surface area contributed by atoms with Crippen LogP contribution in [-0.2, 0) is 13.2 Å². The second kappa shape index (κ2) is 8.73. The first-order valence-corrected chi connectivity index (χ1v) is 9.97. The number of anilines is 1. The van der Waals surface area contributed by atoms with E-state index < -0.39 is 0 Å². The number of imidazole rings is 1. The first-order chi connectivity index (χ1) is 14.5. The number of methoxy groups -OCH3 is 1. The number of nitrogens with one attached hydrogen (secondary N) is 3. The Balaban J connectivity index is 1.43. The lowest BCUT2D eigenvalue weighted by molar-refractivity contribution is 0.284. The van der Waals surface area contributed by atoms with Crippen LogP contribution < -0.4 is 20.5 Å². The Hall–Kier alpha value is -3.09. The van der Waals surface area contributed by atoms with E-state index in [1.54, 1.807) is 19.2 Å². The third-order valence-electron chi connectivity index (χ3n) is 4.62. The number of fused-ring (bicyclic) bond motifs is 1. The minimum Gasteiger partial charge on any atom is -0.493 e. The van der Waals surface area contributed by atoms with Gasteiger partial charge >= 0.3 is 5.69 Å². The van der Waals surface area contributed by atoms with Gasteiger partial charge in [0, 0.05) is 12.2 Å². The van der Waals surface area contributed by atoms with E-state index in [1.807, 2.05) is 42.5 Å². The molecular formula is C22H19Cl2N3O3. The van der Waals surface area contributed by atoms with Crippen LogP contribution in [0.1, 0.15) is 11.1 Å². The Morgan fingerprint density at radius 1 is 0.867 bits per heavy atom. The maximum absolute atomic E-state index is 11.4. The molecule has 0 unspecified atom stereocenters. The van der Waals surface area contributed by atoms with Gasteiger partial charge in [-0.05, 0) is 53.6 Å². The van der Waals surface area contributed by atoms with E-state index in [0.29, 0.717) is 34.7 Å². The average molecular weight is 444 g/mol. The summed E-state index contributed by atoms with van der Waals surface area (Å²) in [6.07, 6.45) is 0. The van der Waals surface area contributed by atoms with E-state index in [4.69, 9.17) is 32.7 Å². The molecule has 0 fully saturated rings. The number of halogens is 2. The van der Waals surface area contributed by atoms with Crippen LogP contribution >= 0.6 is 23.2 Å². The number of rotatable bonds is 7. The Morgan fingerprint density at radius 3 is 2.47 bits per heavy atom. The molecule has 0 radical (unpaired) electrons. The second-order valence-corrected chi connectivity index (χ2v) is 7.53. The van der Waals surface area contributed by atoms with E-state index in [2.05, 4.69) is 15.3 Å². The van der Waals surface area contributed by atoms with Gasteiger partial charge in [-0.2, -0.15) is 0 Å². The lowest BCUT2D eigenvalue weighted by Crippen LogP contribution is -2.02. The van der Waals surface area contributed by atoms with Gasteiger partial charge < -0.3 is 24.8 Å². The highest BCUT2D eigenvalue weighted by molar-refractivity contribution is 6.42. The van der Waals surface area contributed by atoms with Crippen LogP contribution in [-0.4, -0.2) is 17.1 Å². The highest BCUT2D eigenvalue weighted by Crippen LogP contribution is 2.30. The van der Waals surface area contributed by atoms with E-state index >= 15 is 0 Å². The molecule has 0 bridgehead atoms. The molecule has 0 saturated carbocycles. The first-order valence-electron chi connectivity index (χ1n) is 9.21. The Kier molecular flexibility index (Phi) is 5.88. The van der Waals surface area contributed by atoms with Crippen LogP contribution in [0.4, 0.5) is 5.69 Å². The summed E-state index contributed by atoms with van der Waals surface area (Å²) < 4.78 is 11.4. The fourth-order valence-corrected chi connectivity index (χ4v) is 3.40. The number of benzene rings is 3. The largest absolute Gasteiger partial charge is 0.493 e. The lowest BCUT2D eigenvalue weighted by Gasteiger charge is -2.13. The second-order valence-electron chi connectivity index (χ2n) is 6.72. The van der Waals surface area contributed by atoms with E-state index in [1.165, 1.54) is 0 Å². The van der Waals surface area contributed by atoms with Crippen molar-refractivity contribution in [2.24, 2.45) is 0 Å². The quantitative estimate of drug-likeness (QED) is 0.359. The minimum atomic E-state index is -0.219. The predicted octanol–water partition coefficient (Wildman–Crippen LogP) is 5.36. The molecule has 154 valence electrons. The van der Waals surface area contributed by atoms with Crippen molar-refractivity contribution >= 4 is 39.9 Å². The fraction of sp³-hybridized carbons (Fsp3) is 0.136. The van der Waals surface area contributed by atoms with Crippen LogP contribution in [0, 0.1) is 0 Å². The van der Waals surface area contributed by atoms with Crippen molar-refractivity contribution in [3.63, 3.8) is 0 Å². The van der Waals surface area contributed by atoms with Gasteiger partial charge in [0.05, 0.1) is 28.2 Å². The standard InChI is InChI=1S/C22H19Cl2N3O3/c1-29-21-9-13(11-25-15-4-6-18-19(10-15)27-22(28)26-18)3-7-20(21)30-12-14-2-5-16(23)17(24)8-14/h2-10,25H,11-12H2,1H3,(H2,26,27,28). The predicted molar refractivity (Wildman–Crippen MR) is 120 cm³/mol. The van der Waals surface area contributed by atoms with E-state index in [9.17, 15) is 4.79 Å². The third kappa shape index (κ3) is 4.56. The molecule has 8 heteroatoms. The average Bonchev–Trinajstić information content (AvgIpc) is 3.12. The van der Waals surface area contributed by atoms with Gasteiger partial charge in [0.15, 0.2) is 11.5 Å². The van der Waals surface area contributed by atoms with Gasteiger partial charge in [0.1, 0.15) is 6.61 Å². The van der Waals surface area contributed by atoms with Gasteiger partial charge in [-0.15, -0.1) is 0 Å². The lowest BCUT2D eigenvalue weighted by atomic mass is 10.2. The number of hydrogen-bond acceptors (Lipinski definition) is 4. The maximum Gasteiger partial charge on any atom is 0.323 e. The summed E-state index contributed by atoms with van der Waals surface area (Å²) in [4.78, 5) is 16.9. The summed E-state index contributed by atoms with van der Waals surface area (Å²) in [5.41, 5.74) is 4.15. The molecule has 3 N–H and O–H groups in total. The fourth-order valence-electron chi connectivity index (χ4n) is 3.08. The van der Waals surface area contributed by atoms with Crippen molar-refractivity contribution in [2.75, 3.05) is 12.4 Å². The van der Waals surface area contributed by atoms with Crippen LogP contribution in [0.3, 0.4) is 0 Å². The number of H-pyrrole nitrogens is 2. The summed E-state index contributed by atoms with van der Waals surface area (Å²) in [5.74, 6) is 1.28. The molecule has 3 aromatic carbocycles. The molecule has 1 aromatic heterocycles. The first kappa shape index (κ1) is 20.2. The highest BCUT2D eigenvalue weighted by atomic mass is 35.5. The summed E-state index contributed by atoms with van der Waals surface area (Å²) in [7, 11) is 1.61. The number of aromatic amines is 2. The van der Waals surface area contributed by atoms with Crippen molar-refractivity contribution in [1.82, 2.24) is 9.97 Å². The zero-order valence-electron chi connectivity index (χ0n) is 16.1. The molecule has 0 aliphatic rings. The normalized spacial score (nSPS) is 10.9. The van der Waals surface area contributed by atoms with E-state index in [-0.39, 0.29) is 5.69 Å². The minimum absolute atomic E-state index is 0.219. The van der Waals surface area contributed by atoms with Crippen molar-refractivity contribution in [3.8, 4) is 11.5 Å². The smallest absolute Gasteiger partial charge is 0.323 e. The van der Waals surface area contributed by atoms with Crippen LogP contribution in [0.15, 0.2) is 59.4 Å². The summed E-state index contributed by atoms with van der Waals surface area (Å²) in [5, 5.41) is 4.35. The summed E-state index contributed by atoms with van der Waals surface area (Å²) in [6, 6.07) is 16.8. The zero-order valence-corrected chi connectivity index (χ0v) is 17.6. The summed E-state index contributed by atoms with van der Waals surface area (Å²) >= 11 is 12.0. The molecular weight excluding hydrogens is 425 g/mol. The van der Waals surface area contributed by atoms with Gasteiger partial charge in [-0.3, -0.25) is 0 Å². The molecule has 0 amide bonds. The highest BCUT2D eigenvalue weighted by Gasteiger charge is 2.08. The van der Waals surface area contributed by atoms with Crippen LogP contribution in [0.25, 0.3) is 11.0 Å². The van der Waals surface area contributed by atoms with Crippen LogP contribution in [0.5, 0.6) is 11.5 Å². The van der Waals surface area contributed by atoms with Crippen molar-refractivity contribution < 1.29 is 9.47 Å². The third-order valence-corrected chi connectivity index (χ3v) is 5.36. The Morgan fingerprint density at radius 2 is 1.67 bits per heavy atom. The topological polar surface area (TPSA) is 79.1 Å². The maximum atomic E-state index is 11.4. The van der Waals surface area contributed by atoms with Crippen LogP contribution in [0.2, 0.25) is 10.0 Å². The molecule has 4 aromatic rings. The van der Waals surface area contributed by atoms with Gasteiger partial charge in [-0.25, -0.2) is 4.79 Å². The van der Waals surface area contributed by atoms with Gasteiger partial charge in [0.25, 0.3) is 0 Å². The van der Waals surface area contributed by atoms with Crippen molar-refractivity contribution in [2.45, 2.75) is 13.2 Å². The molecule has 0 saturated heterocycles. The number of aromatic nitrogens is 2. The molecule has 0 aliphatic heterocycles. The van der Waals surface area contributed by atoms with Crippen molar-refractivity contribution in [3.05, 3.63) is 86.3 Å². The molecule has 4 rings (SSSR count). The molecule has 0 spiro atoms. The molecule has 0 aliphatic carbocycles. The van der Waals surface area contributed by atoms with Gasteiger partial charge in [0.2, 0.25) is 0 Å². The number of ether oxygens (including phenoxy) is 2. The molecule has 1 heterocycles. The number of hydrogen-bond donors (Lipinski definition) is 3. The Bertz CT molecular complexity index is 1250. The molecule has 30 heavy (non-hydrogen) atoms. The Labute approximate surface area is 182 Å². The zero-order chi connectivity index (χ0) is 21.1. The van der Waals surface area contributed by atoms with Crippen molar-refractivity contribution in [1.29, 1.82) is 0 Å². The summed E-state index contributed by atoms with van der Waals surface area (Å²) in [6.45, 7) is 0.934. The van der Waals surface area contributed by atoms with Gasteiger partial charge in [-0.1, -0.05) is 35.3 Å². The van der Waals surface area contributed by atoms with E-state index in [0.717, 1.165) is 27.8 Å². The molecule has 0 atom stereocenters.